The predicted octanol–water partition coefficient (Wildman–Crippen LogP) is 4.21. The molecule has 1 aliphatic heterocycles. The highest BCUT2D eigenvalue weighted by atomic mass is 28.3. The van der Waals surface area contributed by atoms with E-state index in [0.717, 1.165) is 18.5 Å². The minimum atomic E-state index is -1.41. The van der Waals surface area contributed by atoms with Gasteiger partial charge in [0.15, 0.2) is 0 Å². The number of rotatable bonds is 2. The van der Waals surface area contributed by atoms with Crippen LogP contribution in [0.25, 0.3) is 10.9 Å². The van der Waals surface area contributed by atoms with Crippen molar-refractivity contribution in [2.75, 3.05) is 6.54 Å². The molecule has 0 radical (unpaired) electrons. The van der Waals surface area contributed by atoms with Crippen molar-refractivity contribution in [3.63, 3.8) is 0 Å². The van der Waals surface area contributed by atoms with Crippen LogP contribution in [0.1, 0.15) is 29.8 Å². The summed E-state index contributed by atoms with van der Waals surface area (Å²) in [5.41, 5.74) is 4.92. The molecule has 0 aliphatic carbocycles. The molecular formula is C22H26N2OSi. The van der Waals surface area contributed by atoms with Crippen LogP contribution >= 0.6 is 0 Å². The monoisotopic (exact) mass is 362 g/mol. The number of para-hydroxylation sites is 1. The summed E-state index contributed by atoms with van der Waals surface area (Å²) in [4.78, 5) is 18.1. The van der Waals surface area contributed by atoms with Gasteiger partial charge in [-0.1, -0.05) is 67.3 Å². The number of carbonyl (C=O) groups is 1. The highest BCUT2D eigenvalue weighted by Crippen LogP contribution is 2.38. The summed E-state index contributed by atoms with van der Waals surface area (Å²) < 4.78 is 0. The van der Waals surface area contributed by atoms with Crippen molar-refractivity contribution >= 4 is 30.1 Å². The second kappa shape index (κ2) is 6.13. The number of amides is 1. The Hall–Kier alpha value is -2.33. The van der Waals surface area contributed by atoms with E-state index in [9.17, 15) is 4.79 Å². The normalized spacial score (nSPS) is 17.4. The lowest BCUT2D eigenvalue weighted by molar-refractivity contribution is -0.130. The molecule has 3 aromatic rings. The smallest absolute Gasteiger partial charge is 0.220 e. The van der Waals surface area contributed by atoms with Crippen molar-refractivity contribution in [2.24, 2.45) is 0 Å². The van der Waals surface area contributed by atoms with Crippen molar-refractivity contribution in [1.29, 1.82) is 0 Å². The maximum absolute atomic E-state index is 12.4. The van der Waals surface area contributed by atoms with E-state index in [2.05, 4.69) is 73.2 Å². The molecule has 1 N–H and O–H groups in total. The van der Waals surface area contributed by atoms with Gasteiger partial charge in [-0.2, -0.15) is 0 Å². The average Bonchev–Trinajstić information content (AvgIpc) is 2.98. The quantitative estimate of drug-likeness (QED) is 0.681. The van der Waals surface area contributed by atoms with Gasteiger partial charge in [0.2, 0.25) is 5.91 Å². The largest absolute Gasteiger partial charge is 0.356 e. The summed E-state index contributed by atoms with van der Waals surface area (Å²) >= 11 is 0. The first-order valence-electron chi connectivity index (χ1n) is 9.33. The molecule has 2 aromatic carbocycles. The minimum absolute atomic E-state index is 0.0278. The van der Waals surface area contributed by atoms with Crippen LogP contribution in [0.2, 0.25) is 19.6 Å². The van der Waals surface area contributed by atoms with E-state index >= 15 is 0 Å². The lowest BCUT2D eigenvalue weighted by Gasteiger charge is -2.36. The highest BCUT2D eigenvalue weighted by molar-refractivity contribution is 6.88. The number of fused-ring (bicyclic) bond motifs is 3. The third-order valence-corrected chi connectivity index (χ3v) is 7.55. The number of carbonyl (C=O) groups excluding carboxylic acids is 1. The zero-order valence-electron chi connectivity index (χ0n) is 16.0. The number of hydrogen-bond acceptors (Lipinski definition) is 1. The summed E-state index contributed by atoms with van der Waals surface area (Å²) in [6, 6.07) is 17.3. The standard InChI is InChI=1S/C22H26N2OSi/c1-15(25)24-13-12-19-18-10-5-6-11-20(18)23-21(19)22(24)16-8-7-9-17(14-16)26(2,3)4/h5-11,14,22-23H,12-13H2,1-4H3. The topological polar surface area (TPSA) is 36.1 Å². The number of H-pyrrole nitrogens is 1. The lowest BCUT2D eigenvalue weighted by Crippen LogP contribution is -2.41. The Bertz CT molecular complexity index is 983. The molecule has 0 spiro atoms. The third-order valence-electron chi connectivity index (χ3n) is 5.51. The van der Waals surface area contributed by atoms with E-state index in [0.29, 0.717) is 0 Å². The maximum Gasteiger partial charge on any atom is 0.220 e. The average molecular weight is 363 g/mol. The molecule has 1 aromatic heterocycles. The molecule has 1 atom stereocenters. The van der Waals surface area contributed by atoms with E-state index in [1.165, 1.54) is 27.4 Å². The third kappa shape index (κ3) is 2.78. The molecule has 2 heterocycles. The lowest BCUT2D eigenvalue weighted by atomic mass is 9.92. The first kappa shape index (κ1) is 17.1. The highest BCUT2D eigenvalue weighted by Gasteiger charge is 2.33. The zero-order chi connectivity index (χ0) is 18.5. The molecule has 0 fully saturated rings. The second-order valence-electron chi connectivity index (χ2n) is 8.30. The molecule has 0 saturated heterocycles. The van der Waals surface area contributed by atoms with Gasteiger partial charge in [0.25, 0.3) is 0 Å². The number of nitrogens with zero attached hydrogens (tertiary/aromatic N) is 1. The second-order valence-corrected chi connectivity index (χ2v) is 13.4. The Morgan fingerprint density at radius 2 is 1.88 bits per heavy atom. The molecule has 1 amide bonds. The minimum Gasteiger partial charge on any atom is -0.356 e. The summed E-state index contributed by atoms with van der Waals surface area (Å²) in [6.45, 7) is 9.55. The molecule has 1 unspecified atom stereocenters. The molecule has 3 nitrogen and oxygen atoms in total. The maximum atomic E-state index is 12.4. The van der Waals surface area contributed by atoms with Crippen LogP contribution < -0.4 is 5.19 Å². The van der Waals surface area contributed by atoms with Gasteiger partial charge >= 0.3 is 0 Å². The predicted molar refractivity (Wildman–Crippen MR) is 111 cm³/mol. The van der Waals surface area contributed by atoms with Crippen molar-refractivity contribution in [3.05, 3.63) is 65.4 Å². The van der Waals surface area contributed by atoms with Crippen LogP contribution in [-0.2, 0) is 11.2 Å². The number of benzene rings is 2. The van der Waals surface area contributed by atoms with Gasteiger partial charge in [0, 0.05) is 30.1 Å². The SMILES string of the molecule is CC(=O)N1CCc2c([nH]c3ccccc23)C1c1cccc([Si](C)(C)C)c1. The first-order valence-corrected chi connectivity index (χ1v) is 12.8. The number of hydrogen-bond donors (Lipinski definition) is 1. The fraction of sp³-hybridized carbons (Fsp3) is 0.318. The van der Waals surface area contributed by atoms with Crippen LogP contribution in [0.3, 0.4) is 0 Å². The van der Waals surface area contributed by atoms with Gasteiger partial charge < -0.3 is 9.88 Å². The van der Waals surface area contributed by atoms with Crippen LogP contribution in [0, 0.1) is 0 Å². The van der Waals surface area contributed by atoms with Gasteiger partial charge in [0.05, 0.1) is 14.1 Å². The van der Waals surface area contributed by atoms with E-state index in [4.69, 9.17) is 0 Å². The molecule has 4 rings (SSSR count). The van der Waals surface area contributed by atoms with Crippen LogP contribution in [-0.4, -0.2) is 30.4 Å². The number of nitrogens with one attached hydrogen (secondary N) is 1. The summed E-state index contributed by atoms with van der Waals surface area (Å²) in [5.74, 6) is 0.137. The van der Waals surface area contributed by atoms with E-state index in [-0.39, 0.29) is 11.9 Å². The Kier molecular flexibility index (Phi) is 4.03. The van der Waals surface area contributed by atoms with Crippen LogP contribution in [0.4, 0.5) is 0 Å². The van der Waals surface area contributed by atoms with Gasteiger partial charge in [-0.25, -0.2) is 0 Å². The summed E-state index contributed by atoms with van der Waals surface area (Å²) in [5, 5.41) is 2.72. The van der Waals surface area contributed by atoms with Crippen molar-refractivity contribution in [3.8, 4) is 0 Å². The molecule has 134 valence electrons. The molecule has 26 heavy (non-hydrogen) atoms. The van der Waals surface area contributed by atoms with Gasteiger partial charge in [-0.15, -0.1) is 0 Å². The van der Waals surface area contributed by atoms with E-state index < -0.39 is 8.07 Å². The molecule has 0 bridgehead atoms. The number of aromatic amines is 1. The van der Waals surface area contributed by atoms with Gasteiger partial charge in [-0.05, 0) is 23.6 Å². The fourth-order valence-corrected chi connectivity index (χ4v) is 5.30. The van der Waals surface area contributed by atoms with Crippen molar-refractivity contribution in [1.82, 2.24) is 9.88 Å². The Morgan fingerprint density at radius 3 is 2.62 bits per heavy atom. The Labute approximate surface area is 156 Å². The molecule has 4 heteroatoms. The van der Waals surface area contributed by atoms with Crippen molar-refractivity contribution < 1.29 is 4.79 Å². The van der Waals surface area contributed by atoms with Gasteiger partial charge in [-0.3, -0.25) is 4.79 Å². The van der Waals surface area contributed by atoms with Crippen LogP contribution in [0.15, 0.2) is 48.5 Å². The molecule has 0 saturated carbocycles. The summed E-state index contributed by atoms with van der Waals surface area (Å²) in [6.07, 6.45) is 0.906. The van der Waals surface area contributed by atoms with E-state index in [1.54, 1.807) is 6.92 Å². The molecular weight excluding hydrogens is 336 g/mol. The summed E-state index contributed by atoms with van der Waals surface area (Å²) in [7, 11) is -1.41. The van der Waals surface area contributed by atoms with Gasteiger partial charge in [0.1, 0.15) is 0 Å². The number of aromatic nitrogens is 1. The Balaban J connectivity index is 1.91. The Morgan fingerprint density at radius 1 is 1.12 bits per heavy atom. The first-order chi connectivity index (χ1) is 12.4. The van der Waals surface area contributed by atoms with Crippen molar-refractivity contribution in [2.45, 2.75) is 39.0 Å². The molecule has 1 aliphatic rings. The van der Waals surface area contributed by atoms with Crippen LogP contribution in [0.5, 0.6) is 0 Å². The van der Waals surface area contributed by atoms with E-state index in [1.807, 2.05) is 4.90 Å². The fourth-order valence-electron chi connectivity index (χ4n) is 4.10. The zero-order valence-corrected chi connectivity index (χ0v) is 17.0.